The smallest absolute Gasteiger partial charge is 0.307 e. The molecule has 1 unspecified atom stereocenters. The number of nitrogens with one attached hydrogen (secondary N) is 1. The average molecular weight is 347 g/mol. The highest BCUT2D eigenvalue weighted by molar-refractivity contribution is 7.10. The minimum Gasteiger partial charge on any atom is -0.494 e. The van der Waals surface area contributed by atoms with Crippen LogP contribution in [0.1, 0.15) is 29.8 Å². The number of methoxy groups -OCH3 is 1. The van der Waals surface area contributed by atoms with E-state index in [0.717, 1.165) is 16.2 Å². The Balaban J connectivity index is 1.98. The molecule has 1 aromatic carbocycles. The van der Waals surface area contributed by atoms with Crippen molar-refractivity contribution in [1.82, 2.24) is 5.32 Å². The zero-order valence-corrected chi connectivity index (χ0v) is 14.6. The minimum absolute atomic E-state index is 0.117. The van der Waals surface area contributed by atoms with E-state index < -0.39 is 0 Å². The van der Waals surface area contributed by atoms with Crippen molar-refractivity contribution in [2.24, 2.45) is 0 Å². The molecule has 1 heterocycles. The number of carbonyl (C=O) groups is 2. The first-order valence-electron chi connectivity index (χ1n) is 7.73. The number of rotatable bonds is 8. The highest BCUT2D eigenvalue weighted by Crippen LogP contribution is 2.22. The van der Waals surface area contributed by atoms with Gasteiger partial charge in [-0.1, -0.05) is 18.2 Å². The molecule has 0 saturated heterocycles. The molecule has 1 N–H and O–H groups in total. The predicted octanol–water partition coefficient (Wildman–Crippen LogP) is 3.11. The predicted molar refractivity (Wildman–Crippen MR) is 93.2 cm³/mol. The van der Waals surface area contributed by atoms with Crippen molar-refractivity contribution in [3.63, 3.8) is 0 Å². The SMILES string of the molecule is CCOc1ccc(CC(=O)NC(CC(=O)OC)c2cccs2)cc1. The van der Waals surface area contributed by atoms with Crippen LogP contribution in [-0.4, -0.2) is 25.6 Å². The van der Waals surface area contributed by atoms with Crippen LogP contribution in [0.25, 0.3) is 0 Å². The number of benzene rings is 1. The molecule has 2 aromatic rings. The molecule has 1 atom stereocenters. The van der Waals surface area contributed by atoms with Gasteiger partial charge in [0.15, 0.2) is 0 Å². The quantitative estimate of drug-likeness (QED) is 0.745. The van der Waals surface area contributed by atoms with Gasteiger partial charge in [0, 0.05) is 4.88 Å². The van der Waals surface area contributed by atoms with Crippen LogP contribution in [0.5, 0.6) is 5.75 Å². The number of amides is 1. The summed E-state index contributed by atoms with van der Waals surface area (Å²) in [6.07, 6.45) is 0.363. The Bertz CT molecular complexity index is 652. The minimum atomic E-state index is -0.368. The Morgan fingerprint density at radius 1 is 1.21 bits per heavy atom. The summed E-state index contributed by atoms with van der Waals surface area (Å²) < 4.78 is 10.1. The van der Waals surface area contributed by atoms with Crippen LogP contribution >= 0.6 is 11.3 Å². The van der Waals surface area contributed by atoms with Gasteiger partial charge in [0.2, 0.25) is 5.91 Å². The zero-order valence-electron chi connectivity index (χ0n) is 13.8. The lowest BCUT2D eigenvalue weighted by Gasteiger charge is -2.16. The molecule has 2 rings (SSSR count). The van der Waals surface area contributed by atoms with E-state index in [0.29, 0.717) is 6.61 Å². The van der Waals surface area contributed by atoms with Crippen molar-refractivity contribution in [1.29, 1.82) is 0 Å². The van der Waals surface area contributed by atoms with Gasteiger partial charge in [0.05, 0.1) is 32.6 Å². The molecule has 5 nitrogen and oxygen atoms in total. The first-order chi connectivity index (χ1) is 11.6. The van der Waals surface area contributed by atoms with Crippen molar-refractivity contribution in [2.75, 3.05) is 13.7 Å². The lowest BCUT2D eigenvalue weighted by atomic mass is 10.1. The lowest BCUT2D eigenvalue weighted by Crippen LogP contribution is -2.31. The van der Waals surface area contributed by atoms with Gasteiger partial charge in [-0.05, 0) is 36.1 Å². The molecule has 1 amide bonds. The molecule has 128 valence electrons. The van der Waals surface area contributed by atoms with Crippen LogP contribution < -0.4 is 10.1 Å². The number of hydrogen-bond acceptors (Lipinski definition) is 5. The van der Waals surface area contributed by atoms with E-state index in [2.05, 4.69) is 5.32 Å². The van der Waals surface area contributed by atoms with Gasteiger partial charge in [-0.25, -0.2) is 0 Å². The molecule has 24 heavy (non-hydrogen) atoms. The highest BCUT2D eigenvalue weighted by Gasteiger charge is 2.19. The number of ether oxygens (including phenoxy) is 2. The summed E-state index contributed by atoms with van der Waals surface area (Å²) in [5, 5.41) is 4.83. The van der Waals surface area contributed by atoms with Crippen LogP contribution in [0, 0.1) is 0 Å². The number of hydrogen-bond donors (Lipinski definition) is 1. The van der Waals surface area contributed by atoms with Crippen molar-refractivity contribution in [3.8, 4) is 5.75 Å². The van der Waals surface area contributed by atoms with E-state index in [1.54, 1.807) is 0 Å². The Labute approximate surface area is 145 Å². The molecular weight excluding hydrogens is 326 g/mol. The molecule has 6 heteroatoms. The summed E-state index contributed by atoms with van der Waals surface area (Å²) in [5.41, 5.74) is 0.888. The largest absolute Gasteiger partial charge is 0.494 e. The summed E-state index contributed by atoms with van der Waals surface area (Å²) in [5.74, 6) is 0.292. The summed E-state index contributed by atoms with van der Waals surface area (Å²) >= 11 is 1.50. The van der Waals surface area contributed by atoms with E-state index in [1.165, 1.54) is 18.4 Å². The van der Waals surface area contributed by atoms with Crippen molar-refractivity contribution in [3.05, 3.63) is 52.2 Å². The van der Waals surface area contributed by atoms with Crippen molar-refractivity contribution >= 4 is 23.2 Å². The maximum atomic E-state index is 12.3. The van der Waals surface area contributed by atoms with Crippen LogP contribution in [0.3, 0.4) is 0 Å². The van der Waals surface area contributed by atoms with Crippen molar-refractivity contribution < 1.29 is 19.1 Å². The molecule has 0 fully saturated rings. The molecule has 0 radical (unpaired) electrons. The third-order valence-electron chi connectivity index (χ3n) is 3.42. The molecule has 0 aliphatic heterocycles. The standard InChI is InChI=1S/C18H21NO4S/c1-3-23-14-8-6-13(7-9-14)11-17(20)19-15(12-18(21)22-2)16-5-4-10-24-16/h4-10,15H,3,11-12H2,1-2H3,(H,19,20). The number of carbonyl (C=O) groups excluding carboxylic acids is 2. The first-order valence-corrected chi connectivity index (χ1v) is 8.61. The molecule has 0 aliphatic rings. The molecular formula is C18H21NO4S. The first kappa shape index (κ1) is 18.0. The maximum Gasteiger partial charge on any atom is 0.307 e. The second-order valence-electron chi connectivity index (χ2n) is 5.17. The van der Waals surface area contributed by atoms with Gasteiger partial charge in [0.1, 0.15) is 5.75 Å². The molecule has 0 spiro atoms. The van der Waals surface area contributed by atoms with Gasteiger partial charge >= 0.3 is 5.97 Å². The van der Waals surface area contributed by atoms with E-state index in [4.69, 9.17) is 9.47 Å². The molecule has 0 bridgehead atoms. The average Bonchev–Trinajstić information content (AvgIpc) is 3.10. The molecule has 0 aliphatic carbocycles. The third-order valence-corrected chi connectivity index (χ3v) is 4.41. The fourth-order valence-electron chi connectivity index (χ4n) is 2.26. The van der Waals surface area contributed by atoms with Gasteiger partial charge in [0.25, 0.3) is 0 Å². The Morgan fingerprint density at radius 2 is 1.96 bits per heavy atom. The van der Waals surface area contributed by atoms with Crippen LogP contribution in [0.4, 0.5) is 0 Å². The zero-order chi connectivity index (χ0) is 17.4. The Morgan fingerprint density at radius 3 is 2.54 bits per heavy atom. The summed E-state index contributed by atoms with van der Waals surface area (Å²) in [6.45, 7) is 2.53. The van der Waals surface area contributed by atoms with Crippen LogP contribution in [-0.2, 0) is 20.7 Å². The normalized spacial score (nSPS) is 11.6. The Hall–Kier alpha value is -2.34. The Kier molecular flexibility index (Phi) is 6.81. The lowest BCUT2D eigenvalue weighted by molar-refractivity contribution is -0.141. The van der Waals surface area contributed by atoms with Gasteiger partial charge in [-0.3, -0.25) is 9.59 Å². The monoisotopic (exact) mass is 347 g/mol. The van der Waals surface area contributed by atoms with Gasteiger partial charge in [-0.2, -0.15) is 0 Å². The number of esters is 1. The van der Waals surface area contributed by atoms with Gasteiger partial charge in [-0.15, -0.1) is 11.3 Å². The summed E-state index contributed by atoms with van der Waals surface area (Å²) in [7, 11) is 1.34. The van der Waals surface area contributed by atoms with E-state index >= 15 is 0 Å². The third kappa shape index (κ3) is 5.38. The fourth-order valence-corrected chi connectivity index (χ4v) is 3.04. The van der Waals surface area contributed by atoms with E-state index in [-0.39, 0.29) is 30.8 Å². The van der Waals surface area contributed by atoms with Crippen molar-refractivity contribution in [2.45, 2.75) is 25.8 Å². The summed E-state index contributed by atoms with van der Waals surface area (Å²) in [6, 6.07) is 10.8. The van der Waals surface area contributed by atoms with Crippen LogP contribution in [0.15, 0.2) is 41.8 Å². The maximum absolute atomic E-state index is 12.3. The topological polar surface area (TPSA) is 64.6 Å². The summed E-state index contributed by atoms with van der Waals surface area (Å²) in [4.78, 5) is 24.8. The highest BCUT2D eigenvalue weighted by atomic mass is 32.1. The van der Waals surface area contributed by atoms with Gasteiger partial charge < -0.3 is 14.8 Å². The molecule has 1 aromatic heterocycles. The van der Waals surface area contributed by atoms with Crippen LogP contribution in [0.2, 0.25) is 0 Å². The van der Waals surface area contributed by atoms with E-state index in [1.807, 2.05) is 48.7 Å². The fraction of sp³-hybridized carbons (Fsp3) is 0.333. The number of thiophene rings is 1. The molecule has 0 saturated carbocycles. The second-order valence-corrected chi connectivity index (χ2v) is 6.15. The second kappa shape index (κ2) is 9.08. The van der Waals surface area contributed by atoms with E-state index in [9.17, 15) is 9.59 Å².